The van der Waals surface area contributed by atoms with Gasteiger partial charge in [0.1, 0.15) is 6.29 Å². The van der Waals surface area contributed by atoms with Gasteiger partial charge in [0.15, 0.2) is 0 Å². The van der Waals surface area contributed by atoms with Crippen molar-refractivity contribution >= 4 is 18.0 Å². The van der Waals surface area contributed by atoms with E-state index in [0.717, 1.165) is 12.7 Å². The Labute approximate surface area is 86.7 Å². The highest BCUT2D eigenvalue weighted by molar-refractivity contribution is 8.01. The van der Waals surface area contributed by atoms with Gasteiger partial charge in [0.25, 0.3) is 0 Å². The molecule has 0 fully saturated rings. The molecule has 0 radical (unpaired) electrons. The summed E-state index contributed by atoms with van der Waals surface area (Å²) in [5.74, 6) is 0.187. The summed E-state index contributed by atoms with van der Waals surface area (Å²) in [6, 6.07) is 0. The average Bonchev–Trinajstić information content (AvgIpc) is 2.02. The van der Waals surface area contributed by atoms with Gasteiger partial charge in [-0.05, 0) is 12.8 Å². The summed E-state index contributed by atoms with van der Waals surface area (Å²) < 4.78 is 0.232. The number of thioether (sulfide) groups is 1. The highest BCUT2D eigenvalue weighted by Crippen LogP contribution is 2.34. The van der Waals surface area contributed by atoms with E-state index in [1.165, 1.54) is 6.42 Å². The molecule has 0 aliphatic carbocycles. The van der Waals surface area contributed by atoms with Crippen molar-refractivity contribution in [3.63, 3.8) is 0 Å². The lowest BCUT2D eigenvalue weighted by Crippen LogP contribution is -2.22. The summed E-state index contributed by atoms with van der Waals surface area (Å²) in [4.78, 5) is 10.5. The molecular formula is C11H22OS. The van der Waals surface area contributed by atoms with Crippen molar-refractivity contribution in [3.8, 4) is 0 Å². The monoisotopic (exact) mass is 202 g/mol. The minimum Gasteiger partial charge on any atom is -0.303 e. The van der Waals surface area contributed by atoms with E-state index < -0.39 is 0 Å². The average molecular weight is 202 g/mol. The SMILES string of the molecule is CCC(C)SC(C)(C)CC(C)C=O. The molecule has 0 saturated carbocycles. The molecule has 0 aliphatic heterocycles. The Bertz CT molecular complexity index is 154. The van der Waals surface area contributed by atoms with Gasteiger partial charge in [-0.25, -0.2) is 0 Å². The van der Waals surface area contributed by atoms with Crippen molar-refractivity contribution in [1.29, 1.82) is 0 Å². The number of carbonyl (C=O) groups is 1. The van der Waals surface area contributed by atoms with Crippen LogP contribution in [0.2, 0.25) is 0 Å². The van der Waals surface area contributed by atoms with Crippen LogP contribution in [0.1, 0.15) is 47.5 Å². The zero-order valence-corrected chi connectivity index (χ0v) is 10.3. The highest BCUT2D eigenvalue weighted by atomic mass is 32.2. The predicted octanol–water partition coefficient (Wildman–Crippen LogP) is 3.52. The van der Waals surface area contributed by atoms with Crippen LogP contribution >= 0.6 is 11.8 Å². The highest BCUT2D eigenvalue weighted by Gasteiger charge is 2.23. The third-order valence-corrected chi connectivity index (χ3v) is 3.68. The third-order valence-electron chi connectivity index (χ3n) is 2.14. The fourth-order valence-electron chi connectivity index (χ4n) is 1.50. The van der Waals surface area contributed by atoms with E-state index >= 15 is 0 Å². The molecule has 0 amide bonds. The quantitative estimate of drug-likeness (QED) is 0.613. The zero-order chi connectivity index (χ0) is 10.5. The van der Waals surface area contributed by atoms with Crippen LogP contribution in [-0.4, -0.2) is 16.3 Å². The van der Waals surface area contributed by atoms with Crippen LogP contribution in [0.5, 0.6) is 0 Å². The summed E-state index contributed by atoms with van der Waals surface area (Å²) in [5, 5.41) is 0.689. The molecule has 0 heterocycles. The van der Waals surface area contributed by atoms with Gasteiger partial charge in [-0.1, -0.05) is 34.6 Å². The normalized spacial score (nSPS) is 16.7. The van der Waals surface area contributed by atoms with E-state index in [4.69, 9.17) is 0 Å². The molecule has 0 rings (SSSR count). The van der Waals surface area contributed by atoms with Crippen LogP contribution in [0.15, 0.2) is 0 Å². The predicted molar refractivity (Wildman–Crippen MR) is 61.3 cm³/mol. The lowest BCUT2D eigenvalue weighted by molar-refractivity contribution is -0.110. The first kappa shape index (κ1) is 13.0. The molecule has 2 atom stereocenters. The summed E-state index contributed by atoms with van der Waals surface area (Å²) in [6.45, 7) is 10.9. The largest absolute Gasteiger partial charge is 0.303 e. The van der Waals surface area contributed by atoms with Gasteiger partial charge >= 0.3 is 0 Å². The van der Waals surface area contributed by atoms with Crippen molar-refractivity contribution in [3.05, 3.63) is 0 Å². The Morgan fingerprint density at radius 1 is 1.38 bits per heavy atom. The minimum absolute atomic E-state index is 0.187. The van der Waals surface area contributed by atoms with Gasteiger partial charge in [-0.15, -0.1) is 0 Å². The van der Waals surface area contributed by atoms with Crippen LogP contribution in [0.4, 0.5) is 0 Å². The Morgan fingerprint density at radius 2 is 1.92 bits per heavy atom. The summed E-state index contributed by atoms with van der Waals surface area (Å²) >= 11 is 1.99. The minimum atomic E-state index is 0.187. The molecule has 0 N–H and O–H groups in total. The van der Waals surface area contributed by atoms with Crippen LogP contribution in [0, 0.1) is 5.92 Å². The second kappa shape index (κ2) is 5.69. The van der Waals surface area contributed by atoms with Crippen molar-refractivity contribution in [2.75, 3.05) is 0 Å². The summed E-state index contributed by atoms with van der Waals surface area (Å²) in [7, 11) is 0. The molecule has 0 aromatic heterocycles. The van der Waals surface area contributed by atoms with E-state index in [0.29, 0.717) is 5.25 Å². The first-order valence-electron chi connectivity index (χ1n) is 5.04. The summed E-state index contributed by atoms with van der Waals surface area (Å²) in [5.41, 5.74) is 0. The Balaban J connectivity index is 3.99. The molecule has 0 spiro atoms. The van der Waals surface area contributed by atoms with Crippen LogP contribution in [0.3, 0.4) is 0 Å². The van der Waals surface area contributed by atoms with E-state index in [2.05, 4.69) is 27.7 Å². The molecule has 78 valence electrons. The van der Waals surface area contributed by atoms with E-state index in [9.17, 15) is 4.79 Å². The standard InChI is InChI=1S/C11H22OS/c1-6-10(3)13-11(4,5)7-9(2)8-12/h8-10H,6-7H2,1-5H3. The number of rotatable bonds is 6. The van der Waals surface area contributed by atoms with Crippen molar-refractivity contribution in [1.82, 2.24) is 0 Å². The Hall–Kier alpha value is 0.0200. The summed E-state index contributed by atoms with van der Waals surface area (Å²) in [6.07, 6.45) is 3.23. The number of carbonyl (C=O) groups excluding carboxylic acids is 1. The molecule has 2 heteroatoms. The molecule has 0 saturated heterocycles. The van der Waals surface area contributed by atoms with Crippen molar-refractivity contribution < 1.29 is 4.79 Å². The van der Waals surface area contributed by atoms with Gasteiger partial charge in [0.05, 0.1) is 0 Å². The topological polar surface area (TPSA) is 17.1 Å². The fraction of sp³-hybridized carbons (Fsp3) is 0.909. The molecule has 0 bridgehead atoms. The van der Waals surface area contributed by atoms with Gasteiger partial charge < -0.3 is 4.79 Å². The lowest BCUT2D eigenvalue weighted by atomic mass is 9.99. The van der Waals surface area contributed by atoms with Crippen LogP contribution < -0.4 is 0 Å². The number of aldehydes is 1. The second-order valence-corrected chi connectivity index (χ2v) is 6.56. The number of hydrogen-bond donors (Lipinski definition) is 0. The van der Waals surface area contributed by atoms with Crippen molar-refractivity contribution in [2.24, 2.45) is 5.92 Å². The fourth-order valence-corrected chi connectivity index (χ4v) is 3.11. The lowest BCUT2D eigenvalue weighted by Gasteiger charge is -2.28. The third kappa shape index (κ3) is 6.14. The Morgan fingerprint density at radius 3 is 2.31 bits per heavy atom. The zero-order valence-electron chi connectivity index (χ0n) is 9.46. The molecule has 13 heavy (non-hydrogen) atoms. The van der Waals surface area contributed by atoms with E-state index in [1.54, 1.807) is 0 Å². The molecule has 0 aromatic carbocycles. The van der Waals surface area contributed by atoms with Crippen LogP contribution in [-0.2, 0) is 4.79 Å². The van der Waals surface area contributed by atoms with Crippen molar-refractivity contribution in [2.45, 2.75) is 57.5 Å². The maximum atomic E-state index is 10.5. The van der Waals surface area contributed by atoms with Gasteiger partial charge in [-0.2, -0.15) is 11.8 Å². The van der Waals surface area contributed by atoms with Gasteiger partial charge in [0.2, 0.25) is 0 Å². The van der Waals surface area contributed by atoms with Crippen LogP contribution in [0.25, 0.3) is 0 Å². The molecular weight excluding hydrogens is 180 g/mol. The maximum Gasteiger partial charge on any atom is 0.122 e. The number of hydrogen-bond acceptors (Lipinski definition) is 2. The van der Waals surface area contributed by atoms with Gasteiger partial charge in [-0.3, -0.25) is 0 Å². The first-order chi connectivity index (χ1) is 5.91. The van der Waals surface area contributed by atoms with E-state index in [-0.39, 0.29) is 10.7 Å². The van der Waals surface area contributed by atoms with E-state index in [1.807, 2.05) is 18.7 Å². The first-order valence-corrected chi connectivity index (χ1v) is 5.92. The molecule has 1 nitrogen and oxygen atoms in total. The smallest absolute Gasteiger partial charge is 0.122 e. The molecule has 2 unspecified atom stereocenters. The Kier molecular flexibility index (Phi) is 5.70. The molecule has 0 aromatic rings. The second-order valence-electron chi connectivity index (χ2n) is 4.41. The van der Waals surface area contributed by atoms with Gasteiger partial charge in [0, 0.05) is 15.9 Å². The maximum absolute atomic E-state index is 10.5. The molecule has 0 aliphatic rings.